The number of benzene rings is 1. The third-order valence-electron chi connectivity index (χ3n) is 3.51. The molecule has 0 aliphatic carbocycles. The third-order valence-corrected chi connectivity index (χ3v) is 3.51. The molecule has 22 heavy (non-hydrogen) atoms. The van der Waals surface area contributed by atoms with Crippen LogP contribution in [0, 0.1) is 0 Å². The molecule has 0 radical (unpaired) electrons. The van der Waals surface area contributed by atoms with Gasteiger partial charge in [-0.25, -0.2) is 9.59 Å². The summed E-state index contributed by atoms with van der Waals surface area (Å²) in [5, 5.41) is 0. The molecule has 1 aliphatic heterocycles. The summed E-state index contributed by atoms with van der Waals surface area (Å²) >= 11 is 0. The summed E-state index contributed by atoms with van der Waals surface area (Å²) < 4.78 is 42.3. The number of carbonyl (C=O) groups excluding carboxylic acids is 2. The minimum absolute atomic E-state index is 0.0246. The molecule has 0 bridgehead atoms. The highest BCUT2D eigenvalue weighted by Gasteiger charge is 2.31. The summed E-state index contributed by atoms with van der Waals surface area (Å²) in [5.74, 6) is -0.731. The molecule has 2 N–H and O–H groups in total. The van der Waals surface area contributed by atoms with E-state index >= 15 is 0 Å². The molecule has 120 valence electrons. The van der Waals surface area contributed by atoms with Crippen LogP contribution in [-0.4, -0.2) is 36.1 Å². The highest BCUT2D eigenvalue weighted by atomic mass is 19.4. The zero-order valence-electron chi connectivity index (χ0n) is 11.6. The van der Waals surface area contributed by atoms with Crippen LogP contribution in [0.3, 0.4) is 0 Å². The maximum Gasteiger partial charge on any atom is 0.416 e. The second-order valence-corrected chi connectivity index (χ2v) is 5.00. The molecule has 1 aromatic rings. The number of ether oxygens (including phenoxy) is 1. The molecule has 0 aromatic heterocycles. The van der Waals surface area contributed by atoms with Crippen LogP contribution >= 0.6 is 0 Å². The van der Waals surface area contributed by atoms with Gasteiger partial charge in [0.15, 0.2) is 0 Å². The van der Waals surface area contributed by atoms with Crippen LogP contribution in [0.15, 0.2) is 24.3 Å². The average molecular weight is 316 g/mol. The second kappa shape index (κ2) is 6.25. The van der Waals surface area contributed by atoms with E-state index in [9.17, 15) is 22.8 Å². The summed E-state index contributed by atoms with van der Waals surface area (Å²) in [6, 6.07) is 2.91. The van der Waals surface area contributed by atoms with Crippen molar-refractivity contribution in [2.75, 3.05) is 13.2 Å². The molecule has 2 rings (SSSR count). The van der Waals surface area contributed by atoms with E-state index in [-0.39, 0.29) is 18.2 Å². The summed E-state index contributed by atoms with van der Waals surface area (Å²) in [7, 11) is 0. The molecule has 1 heterocycles. The zero-order chi connectivity index (χ0) is 16.3. The number of hydrogen-bond acceptors (Lipinski definition) is 3. The van der Waals surface area contributed by atoms with Gasteiger partial charge in [0.1, 0.15) is 6.61 Å². The van der Waals surface area contributed by atoms with Gasteiger partial charge in [0.25, 0.3) is 0 Å². The predicted molar refractivity (Wildman–Crippen MR) is 71.0 cm³/mol. The van der Waals surface area contributed by atoms with Gasteiger partial charge in [-0.3, -0.25) is 0 Å². The van der Waals surface area contributed by atoms with Gasteiger partial charge in [-0.05, 0) is 37.1 Å². The standard InChI is InChI=1S/C14H15F3N2O3/c15-14(16,17)10-5-3-9(4-6-10)12(20)22-8-11-2-1-7-19(11)13(18)21/h3-6,11H,1-2,7-8H2,(H2,18,21)/t11-/m1/s1. The number of halogens is 3. The molecule has 1 fully saturated rings. The Bertz CT molecular complexity index is 557. The first-order valence-corrected chi connectivity index (χ1v) is 6.69. The molecule has 0 saturated carbocycles. The van der Waals surface area contributed by atoms with Gasteiger partial charge in [-0.15, -0.1) is 0 Å². The Labute approximate surface area is 124 Å². The lowest BCUT2D eigenvalue weighted by molar-refractivity contribution is -0.137. The minimum Gasteiger partial charge on any atom is -0.460 e. The number of nitrogens with zero attached hydrogens (tertiary/aromatic N) is 1. The highest BCUT2D eigenvalue weighted by Crippen LogP contribution is 2.29. The number of rotatable bonds is 3. The minimum atomic E-state index is -4.45. The molecule has 1 aliphatic rings. The van der Waals surface area contributed by atoms with Crippen molar-refractivity contribution in [3.8, 4) is 0 Å². The van der Waals surface area contributed by atoms with Gasteiger partial charge in [0, 0.05) is 6.54 Å². The van der Waals surface area contributed by atoms with Crippen LogP contribution in [0.1, 0.15) is 28.8 Å². The van der Waals surface area contributed by atoms with E-state index in [1.54, 1.807) is 0 Å². The van der Waals surface area contributed by atoms with Gasteiger partial charge in [0.05, 0.1) is 17.2 Å². The fraction of sp³-hybridized carbons (Fsp3) is 0.429. The lowest BCUT2D eigenvalue weighted by Crippen LogP contribution is -2.41. The first-order valence-electron chi connectivity index (χ1n) is 6.69. The van der Waals surface area contributed by atoms with Crippen LogP contribution in [0.25, 0.3) is 0 Å². The monoisotopic (exact) mass is 316 g/mol. The Morgan fingerprint density at radius 3 is 2.45 bits per heavy atom. The fourth-order valence-corrected chi connectivity index (χ4v) is 2.35. The Morgan fingerprint density at radius 2 is 1.91 bits per heavy atom. The largest absolute Gasteiger partial charge is 0.460 e. The van der Waals surface area contributed by atoms with Crippen molar-refractivity contribution in [2.45, 2.75) is 25.1 Å². The summed E-state index contributed by atoms with van der Waals surface area (Å²) in [6.45, 7) is 0.487. The molecule has 5 nitrogen and oxygen atoms in total. The molecule has 8 heteroatoms. The number of primary amides is 1. The fourth-order valence-electron chi connectivity index (χ4n) is 2.35. The molecule has 2 amide bonds. The Kier molecular flexibility index (Phi) is 4.58. The normalized spacial score (nSPS) is 18.3. The maximum atomic E-state index is 12.4. The van der Waals surface area contributed by atoms with Crippen molar-refractivity contribution in [3.63, 3.8) is 0 Å². The van der Waals surface area contributed by atoms with Crippen LogP contribution < -0.4 is 5.73 Å². The first kappa shape index (κ1) is 16.1. The first-order chi connectivity index (χ1) is 10.3. The molecule has 0 unspecified atom stereocenters. The van der Waals surface area contributed by atoms with Crippen LogP contribution in [-0.2, 0) is 10.9 Å². The van der Waals surface area contributed by atoms with Crippen LogP contribution in [0.2, 0.25) is 0 Å². The Hall–Kier alpha value is -2.25. The number of urea groups is 1. The van der Waals surface area contributed by atoms with Gasteiger partial charge >= 0.3 is 18.2 Å². The van der Waals surface area contributed by atoms with E-state index in [4.69, 9.17) is 10.5 Å². The molecular formula is C14H15F3N2O3. The highest BCUT2D eigenvalue weighted by molar-refractivity contribution is 5.89. The van der Waals surface area contributed by atoms with E-state index in [1.165, 1.54) is 4.90 Å². The van der Waals surface area contributed by atoms with E-state index in [0.717, 1.165) is 30.7 Å². The van der Waals surface area contributed by atoms with Crippen molar-refractivity contribution in [2.24, 2.45) is 5.73 Å². The summed E-state index contributed by atoms with van der Waals surface area (Å²) in [6.07, 6.45) is -3.01. The van der Waals surface area contributed by atoms with Crippen LogP contribution in [0.5, 0.6) is 0 Å². The van der Waals surface area contributed by atoms with Gasteiger partial charge in [-0.1, -0.05) is 0 Å². The lowest BCUT2D eigenvalue weighted by atomic mass is 10.1. The summed E-state index contributed by atoms with van der Waals surface area (Å²) in [4.78, 5) is 24.4. The maximum absolute atomic E-state index is 12.4. The van der Waals surface area contributed by atoms with Crippen molar-refractivity contribution >= 4 is 12.0 Å². The number of carbonyl (C=O) groups is 2. The quantitative estimate of drug-likeness (QED) is 0.870. The molecule has 1 atom stereocenters. The SMILES string of the molecule is NC(=O)N1CCC[C@@H]1COC(=O)c1ccc(C(F)(F)F)cc1. The predicted octanol–water partition coefficient (Wildman–Crippen LogP) is 2.41. The number of nitrogens with two attached hydrogens (primary N) is 1. The zero-order valence-corrected chi connectivity index (χ0v) is 11.6. The number of esters is 1. The topological polar surface area (TPSA) is 72.6 Å². The van der Waals surface area contributed by atoms with Crippen molar-refractivity contribution in [1.29, 1.82) is 0 Å². The van der Waals surface area contributed by atoms with Crippen molar-refractivity contribution < 1.29 is 27.5 Å². The van der Waals surface area contributed by atoms with Gasteiger partial charge < -0.3 is 15.4 Å². The molecule has 1 saturated heterocycles. The molecule has 1 aromatic carbocycles. The lowest BCUT2D eigenvalue weighted by Gasteiger charge is -2.22. The van der Waals surface area contributed by atoms with E-state index in [1.807, 2.05) is 0 Å². The average Bonchev–Trinajstić information content (AvgIpc) is 2.92. The molecule has 0 spiro atoms. The van der Waals surface area contributed by atoms with E-state index < -0.39 is 23.7 Å². The second-order valence-electron chi connectivity index (χ2n) is 5.00. The Morgan fingerprint density at radius 1 is 1.27 bits per heavy atom. The molecular weight excluding hydrogens is 301 g/mol. The van der Waals surface area contributed by atoms with Crippen molar-refractivity contribution in [1.82, 2.24) is 4.90 Å². The number of likely N-dealkylation sites (tertiary alicyclic amines) is 1. The number of alkyl halides is 3. The third kappa shape index (κ3) is 3.69. The van der Waals surface area contributed by atoms with E-state index in [2.05, 4.69) is 0 Å². The van der Waals surface area contributed by atoms with E-state index in [0.29, 0.717) is 13.0 Å². The smallest absolute Gasteiger partial charge is 0.416 e. The number of hydrogen-bond donors (Lipinski definition) is 1. The van der Waals surface area contributed by atoms with Crippen LogP contribution in [0.4, 0.5) is 18.0 Å². The number of amides is 2. The van der Waals surface area contributed by atoms with Crippen molar-refractivity contribution in [3.05, 3.63) is 35.4 Å². The van der Waals surface area contributed by atoms with Gasteiger partial charge in [-0.2, -0.15) is 13.2 Å². The Balaban J connectivity index is 1.94. The van der Waals surface area contributed by atoms with Gasteiger partial charge in [0.2, 0.25) is 0 Å². The summed E-state index contributed by atoms with van der Waals surface area (Å²) in [5.41, 5.74) is 4.39.